The normalized spacial score (nSPS) is 15.4. The van der Waals surface area contributed by atoms with E-state index in [0.29, 0.717) is 30.8 Å². The van der Waals surface area contributed by atoms with E-state index >= 15 is 0 Å². The number of hydrogen-bond donors (Lipinski definition) is 1. The van der Waals surface area contributed by atoms with E-state index in [1.165, 1.54) is 0 Å². The van der Waals surface area contributed by atoms with Crippen molar-refractivity contribution in [2.75, 3.05) is 26.8 Å². The van der Waals surface area contributed by atoms with Crippen molar-refractivity contribution in [3.63, 3.8) is 0 Å². The van der Waals surface area contributed by atoms with Crippen LogP contribution in [0.15, 0.2) is 72.8 Å². The van der Waals surface area contributed by atoms with Gasteiger partial charge in [-0.1, -0.05) is 30.3 Å². The lowest BCUT2D eigenvalue weighted by Crippen LogP contribution is -2.39. The summed E-state index contributed by atoms with van der Waals surface area (Å²) in [4.78, 5) is 27.9. The summed E-state index contributed by atoms with van der Waals surface area (Å²) in [6.07, 6.45) is 1.91. The number of para-hydroxylation sites is 1. The van der Waals surface area contributed by atoms with E-state index in [4.69, 9.17) is 9.47 Å². The molecule has 1 unspecified atom stereocenters. The van der Waals surface area contributed by atoms with Crippen LogP contribution in [0.4, 0.5) is 0 Å². The third kappa shape index (κ3) is 6.01. The zero-order chi connectivity index (χ0) is 24.6. The van der Waals surface area contributed by atoms with Gasteiger partial charge in [0.2, 0.25) is 0 Å². The van der Waals surface area contributed by atoms with E-state index in [9.17, 15) is 9.59 Å². The highest BCUT2D eigenvalue weighted by molar-refractivity contribution is 5.95. The number of rotatable bonds is 8. The molecule has 0 aromatic heterocycles. The fourth-order valence-electron chi connectivity index (χ4n) is 4.51. The highest BCUT2D eigenvalue weighted by Gasteiger charge is 2.26. The van der Waals surface area contributed by atoms with Crippen LogP contribution >= 0.6 is 0 Å². The molecule has 0 spiro atoms. The number of hydrogen-bond acceptors (Lipinski definition) is 4. The van der Waals surface area contributed by atoms with E-state index in [2.05, 4.69) is 5.32 Å². The average Bonchev–Trinajstić information content (AvgIpc) is 2.92. The summed E-state index contributed by atoms with van der Waals surface area (Å²) in [5.74, 6) is 1.61. The van der Waals surface area contributed by atoms with Gasteiger partial charge in [-0.05, 0) is 67.8 Å². The molecule has 3 aromatic rings. The maximum absolute atomic E-state index is 13.1. The molecule has 6 heteroatoms. The second-order valence-electron chi connectivity index (χ2n) is 8.67. The molecule has 2 amide bonds. The van der Waals surface area contributed by atoms with Crippen molar-refractivity contribution >= 4 is 11.8 Å². The minimum atomic E-state index is -0.125. The van der Waals surface area contributed by atoms with E-state index in [0.717, 1.165) is 42.0 Å². The number of methoxy groups -OCH3 is 1. The number of ether oxygens (including phenoxy) is 2. The maximum Gasteiger partial charge on any atom is 0.253 e. The molecular formula is C29H32N2O4. The van der Waals surface area contributed by atoms with Crippen LogP contribution in [0.25, 0.3) is 0 Å². The minimum absolute atomic E-state index is 0.0271. The molecular weight excluding hydrogens is 440 g/mol. The first-order chi connectivity index (χ1) is 17.1. The maximum atomic E-state index is 13.1. The van der Waals surface area contributed by atoms with Crippen molar-refractivity contribution in [3.8, 4) is 11.5 Å². The molecule has 0 radical (unpaired) electrons. The zero-order valence-electron chi connectivity index (χ0n) is 20.3. The van der Waals surface area contributed by atoms with Gasteiger partial charge in [-0.15, -0.1) is 0 Å². The second kappa shape index (κ2) is 11.6. The van der Waals surface area contributed by atoms with Gasteiger partial charge in [-0.25, -0.2) is 0 Å². The Hall–Kier alpha value is -3.80. The quantitative estimate of drug-likeness (QED) is 0.499. The number of benzene rings is 3. The molecule has 3 aromatic carbocycles. The highest BCUT2D eigenvalue weighted by atomic mass is 16.5. The Balaban J connectivity index is 1.41. The number of likely N-dealkylation sites (tertiary alicyclic amines) is 1. The van der Waals surface area contributed by atoms with Crippen LogP contribution in [0.3, 0.4) is 0 Å². The van der Waals surface area contributed by atoms with Crippen LogP contribution in [0, 0.1) is 0 Å². The van der Waals surface area contributed by atoms with Crippen molar-refractivity contribution in [1.29, 1.82) is 0 Å². The standard InChI is InChI=1S/C29H32N2O4/c1-3-35-27-12-5-4-8-24(27)19-30-28(32)23-10-6-9-22(18-23)25-11-7-17-31(20-25)29(33)21-13-15-26(34-2)16-14-21/h4-6,8-10,12-16,18,25H,3,7,11,17,19-20H2,1-2H3,(H,30,32). The number of nitrogens with one attached hydrogen (secondary N) is 1. The Bertz CT molecular complexity index is 1160. The number of piperidine rings is 1. The molecule has 0 aliphatic carbocycles. The van der Waals surface area contributed by atoms with Gasteiger partial charge in [0, 0.05) is 42.2 Å². The molecule has 1 fully saturated rings. The molecule has 182 valence electrons. The smallest absolute Gasteiger partial charge is 0.253 e. The average molecular weight is 473 g/mol. The Morgan fingerprint density at radius 1 is 1.00 bits per heavy atom. The Morgan fingerprint density at radius 2 is 1.80 bits per heavy atom. The Kier molecular flexibility index (Phi) is 8.03. The number of carbonyl (C=O) groups excluding carboxylic acids is 2. The largest absolute Gasteiger partial charge is 0.497 e. The molecule has 1 aliphatic heterocycles. The minimum Gasteiger partial charge on any atom is -0.497 e. The fourth-order valence-corrected chi connectivity index (χ4v) is 4.51. The lowest BCUT2D eigenvalue weighted by Gasteiger charge is -2.33. The van der Waals surface area contributed by atoms with Crippen LogP contribution in [-0.4, -0.2) is 43.5 Å². The lowest BCUT2D eigenvalue weighted by molar-refractivity contribution is 0.0706. The molecule has 1 saturated heterocycles. The first-order valence-corrected chi connectivity index (χ1v) is 12.1. The first kappa shape index (κ1) is 24.3. The SMILES string of the molecule is CCOc1ccccc1CNC(=O)c1cccc(C2CCCN(C(=O)c3ccc(OC)cc3)C2)c1. The van der Waals surface area contributed by atoms with E-state index in [1.807, 2.05) is 72.5 Å². The topological polar surface area (TPSA) is 67.9 Å². The molecule has 4 rings (SSSR count). The van der Waals surface area contributed by atoms with Crippen molar-refractivity contribution in [3.05, 3.63) is 95.1 Å². The van der Waals surface area contributed by atoms with Gasteiger partial charge in [0.05, 0.1) is 13.7 Å². The Labute approximate surface area is 206 Å². The highest BCUT2D eigenvalue weighted by Crippen LogP contribution is 2.29. The summed E-state index contributed by atoms with van der Waals surface area (Å²) in [5, 5.41) is 3.01. The first-order valence-electron chi connectivity index (χ1n) is 12.1. The van der Waals surface area contributed by atoms with Crippen molar-refractivity contribution in [1.82, 2.24) is 10.2 Å². The van der Waals surface area contributed by atoms with E-state index in [-0.39, 0.29) is 17.7 Å². The molecule has 1 N–H and O–H groups in total. The van der Waals surface area contributed by atoms with E-state index in [1.54, 1.807) is 19.2 Å². The summed E-state index contributed by atoms with van der Waals surface area (Å²) in [5.41, 5.74) is 3.31. The third-order valence-electron chi connectivity index (χ3n) is 6.38. The molecule has 0 saturated carbocycles. The van der Waals surface area contributed by atoms with Gasteiger partial charge in [0.1, 0.15) is 11.5 Å². The van der Waals surface area contributed by atoms with Crippen molar-refractivity contribution in [2.45, 2.75) is 32.2 Å². The monoisotopic (exact) mass is 472 g/mol. The summed E-state index contributed by atoms with van der Waals surface area (Å²) >= 11 is 0. The summed E-state index contributed by atoms with van der Waals surface area (Å²) in [6.45, 7) is 4.29. The van der Waals surface area contributed by atoms with Crippen LogP contribution in [0.2, 0.25) is 0 Å². The summed E-state index contributed by atoms with van der Waals surface area (Å²) in [7, 11) is 1.61. The van der Waals surface area contributed by atoms with Gasteiger partial charge in [0.15, 0.2) is 0 Å². The Morgan fingerprint density at radius 3 is 2.57 bits per heavy atom. The van der Waals surface area contributed by atoms with E-state index < -0.39 is 0 Å². The van der Waals surface area contributed by atoms with Gasteiger partial charge < -0.3 is 19.7 Å². The van der Waals surface area contributed by atoms with Gasteiger partial charge >= 0.3 is 0 Å². The molecule has 35 heavy (non-hydrogen) atoms. The molecule has 1 heterocycles. The van der Waals surface area contributed by atoms with Crippen LogP contribution in [0.1, 0.15) is 57.5 Å². The molecule has 1 aliphatic rings. The zero-order valence-corrected chi connectivity index (χ0v) is 20.3. The van der Waals surface area contributed by atoms with Crippen LogP contribution in [0.5, 0.6) is 11.5 Å². The van der Waals surface area contributed by atoms with Gasteiger partial charge in [-0.3, -0.25) is 9.59 Å². The number of amides is 2. The van der Waals surface area contributed by atoms with Crippen molar-refractivity contribution < 1.29 is 19.1 Å². The van der Waals surface area contributed by atoms with Gasteiger partial charge in [0.25, 0.3) is 11.8 Å². The summed E-state index contributed by atoms with van der Waals surface area (Å²) < 4.78 is 10.9. The molecule has 1 atom stereocenters. The number of nitrogens with zero attached hydrogens (tertiary/aromatic N) is 1. The lowest BCUT2D eigenvalue weighted by atomic mass is 9.89. The fraction of sp³-hybridized carbons (Fsp3) is 0.310. The predicted octanol–water partition coefficient (Wildman–Crippen LogP) is 5.04. The predicted molar refractivity (Wildman–Crippen MR) is 136 cm³/mol. The summed E-state index contributed by atoms with van der Waals surface area (Å²) in [6, 6.07) is 22.7. The van der Waals surface area contributed by atoms with Crippen molar-refractivity contribution in [2.24, 2.45) is 0 Å². The van der Waals surface area contributed by atoms with Crippen LogP contribution in [-0.2, 0) is 6.54 Å². The molecule has 6 nitrogen and oxygen atoms in total. The van der Waals surface area contributed by atoms with Gasteiger partial charge in [-0.2, -0.15) is 0 Å². The second-order valence-corrected chi connectivity index (χ2v) is 8.67. The van der Waals surface area contributed by atoms with Crippen LogP contribution < -0.4 is 14.8 Å². The number of carbonyl (C=O) groups is 2. The molecule has 0 bridgehead atoms. The third-order valence-corrected chi connectivity index (χ3v) is 6.38.